The number of furan rings is 1. The van der Waals surface area contributed by atoms with Crippen LogP contribution < -0.4 is 5.73 Å². The summed E-state index contributed by atoms with van der Waals surface area (Å²) < 4.78 is 10.7. The minimum atomic E-state index is 0.319. The van der Waals surface area contributed by atoms with Crippen LogP contribution in [0.1, 0.15) is 18.6 Å². The van der Waals surface area contributed by atoms with Crippen molar-refractivity contribution in [3.63, 3.8) is 0 Å². The van der Waals surface area contributed by atoms with Crippen molar-refractivity contribution < 1.29 is 8.83 Å². The first-order valence-corrected chi connectivity index (χ1v) is 4.56. The summed E-state index contributed by atoms with van der Waals surface area (Å²) in [5.74, 6) is 2.17. The Morgan fingerprint density at radius 2 is 2.36 bits per heavy atom. The molecule has 0 amide bonds. The molecule has 0 unspecified atom stereocenters. The van der Waals surface area contributed by atoms with Gasteiger partial charge in [-0.25, -0.2) is 4.98 Å². The van der Waals surface area contributed by atoms with E-state index in [-0.39, 0.29) is 0 Å². The highest BCUT2D eigenvalue weighted by atomic mass is 16.4. The number of hydrogen-bond acceptors (Lipinski definition) is 4. The lowest BCUT2D eigenvalue weighted by molar-refractivity contribution is 0.498. The van der Waals surface area contributed by atoms with E-state index in [1.807, 2.05) is 13.0 Å². The zero-order valence-corrected chi connectivity index (χ0v) is 7.99. The number of oxazole rings is 1. The molecule has 0 aliphatic rings. The first kappa shape index (κ1) is 9.02. The largest absolute Gasteiger partial charge is 0.469 e. The van der Waals surface area contributed by atoms with Crippen LogP contribution in [-0.4, -0.2) is 4.98 Å². The minimum Gasteiger partial charge on any atom is -0.469 e. The lowest BCUT2D eigenvalue weighted by Crippen LogP contribution is -1.94. The Balaban J connectivity index is 2.38. The van der Waals surface area contributed by atoms with Crippen LogP contribution in [0.3, 0.4) is 0 Å². The second-order valence-corrected chi connectivity index (χ2v) is 2.93. The van der Waals surface area contributed by atoms with Crippen molar-refractivity contribution in [1.82, 2.24) is 4.98 Å². The van der Waals surface area contributed by atoms with Gasteiger partial charge in [-0.2, -0.15) is 0 Å². The summed E-state index contributed by atoms with van der Waals surface area (Å²) in [7, 11) is 0. The summed E-state index contributed by atoms with van der Waals surface area (Å²) in [5.41, 5.74) is 6.37. The van der Waals surface area contributed by atoms with Crippen LogP contribution in [0.4, 0.5) is 0 Å². The van der Waals surface area contributed by atoms with E-state index in [1.54, 1.807) is 12.5 Å². The van der Waals surface area contributed by atoms with Crippen molar-refractivity contribution in [2.45, 2.75) is 19.9 Å². The van der Waals surface area contributed by atoms with E-state index < -0.39 is 0 Å². The lowest BCUT2D eigenvalue weighted by atomic mass is 10.2. The summed E-state index contributed by atoms with van der Waals surface area (Å²) in [5, 5.41) is 0. The van der Waals surface area contributed by atoms with Gasteiger partial charge in [0.1, 0.15) is 5.76 Å². The molecular weight excluding hydrogens is 180 g/mol. The molecule has 2 N–H and O–H groups in total. The number of nitrogens with zero attached hydrogens (tertiary/aromatic N) is 1. The predicted octanol–water partition coefficient (Wildman–Crippen LogP) is 1.96. The van der Waals surface area contributed by atoms with Crippen molar-refractivity contribution in [3.05, 3.63) is 30.2 Å². The average Bonchev–Trinajstić information content (AvgIpc) is 2.85. The first-order chi connectivity index (χ1) is 6.85. The monoisotopic (exact) mass is 192 g/mol. The van der Waals surface area contributed by atoms with E-state index in [4.69, 9.17) is 14.6 Å². The SMILES string of the molecule is CCc1occc1-c1cnc(CN)o1. The van der Waals surface area contributed by atoms with E-state index in [0.717, 1.165) is 23.5 Å². The van der Waals surface area contributed by atoms with Crippen molar-refractivity contribution in [2.75, 3.05) is 0 Å². The van der Waals surface area contributed by atoms with Crippen LogP contribution >= 0.6 is 0 Å². The van der Waals surface area contributed by atoms with Crippen LogP contribution in [0.15, 0.2) is 27.4 Å². The van der Waals surface area contributed by atoms with E-state index in [9.17, 15) is 0 Å². The van der Waals surface area contributed by atoms with Crippen LogP contribution in [0.2, 0.25) is 0 Å². The Morgan fingerprint density at radius 1 is 1.50 bits per heavy atom. The molecule has 2 rings (SSSR count). The molecule has 2 aromatic rings. The van der Waals surface area contributed by atoms with Gasteiger partial charge >= 0.3 is 0 Å². The number of aryl methyl sites for hydroxylation is 1. The zero-order valence-electron chi connectivity index (χ0n) is 7.99. The topological polar surface area (TPSA) is 65.2 Å². The fourth-order valence-corrected chi connectivity index (χ4v) is 1.36. The number of hydrogen-bond donors (Lipinski definition) is 1. The maximum Gasteiger partial charge on any atom is 0.208 e. The smallest absolute Gasteiger partial charge is 0.208 e. The molecule has 0 atom stereocenters. The number of aromatic nitrogens is 1. The van der Waals surface area contributed by atoms with Gasteiger partial charge in [-0.15, -0.1) is 0 Å². The van der Waals surface area contributed by atoms with Crippen LogP contribution in [0.25, 0.3) is 11.3 Å². The maximum atomic E-state index is 5.42. The van der Waals surface area contributed by atoms with Gasteiger partial charge in [-0.3, -0.25) is 0 Å². The first-order valence-electron chi connectivity index (χ1n) is 4.56. The Morgan fingerprint density at radius 3 is 3.00 bits per heavy atom. The van der Waals surface area contributed by atoms with Gasteiger partial charge in [-0.05, 0) is 6.07 Å². The second kappa shape index (κ2) is 3.67. The highest BCUT2D eigenvalue weighted by Gasteiger charge is 2.11. The van der Waals surface area contributed by atoms with Gasteiger partial charge in [-0.1, -0.05) is 6.92 Å². The highest BCUT2D eigenvalue weighted by Crippen LogP contribution is 2.25. The van der Waals surface area contributed by atoms with Crippen molar-refractivity contribution in [1.29, 1.82) is 0 Å². The molecule has 0 aliphatic heterocycles. The minimum absolute atomic E-state index is 0.319. The molecule has 4 heteroatoms. The van der Waals surface area contributed by atoms with Gasteiger partial charge in [0.05, 0.1) is 24.6 Å². The summed E-state index contributed by atoms with van der Waals surface area (Å²) in [6.45, 7) is 2.35. The van der Waals surface area contributed by atoms with Crippen molar-refractivity contribution >= 4 is 0 Å². The number of nitrogens with two attached hydrogens (primary N) is 1. The summed E-state index contributed by atoms with van der Waals surface area (Å²) in [4.78, 5) is 4.03. The molecule has 0 fully saturated rings. The van der Waals surface area contributed by atoms with Crippen molar-refractivity contribution in [2.24, 2.45) is 5.73 Å². The van der Waals surface area contributed by atoms with E-state index in [1.165, 1.54) is 0 Å². The second-order valence-electron chi connectivity index (χ2n) is 2.93. The van der Waals surface area contributed by atoms with E-state index in [2.05, 4.69) is 4.98 Å². The fourth-order valence-electron chi connectivity index (χ4n) is 1.36. The van der Waals surface area contributed by atoms with E-state index >= 15 is 0 Å². The molecule has 0 aromatic carbocycles. The van der Waals surface area contributed by atoms with Gasteiger partial charge in [0.2, 0.25) is 5.89 Å². The Hall–Kier alpha value is -1.55. The maximum absolute atomic E-state index is 5.42. The fraction of sp³-hybridized carbons (Fsp3) is 0.300. The predicted molar refractivity (Wildman–Crippen MR) is 51.5 cm³/mol. The van der Waals surface area contributed by atoms with Gasteiger partial charge in [0.15, 0.2) is 5.76 Å². The van der Waals surface area contributed by atoms with Gasteiger partial charge in [0, 0.05) is 6.42 Å². The third-order valence-electron chi connectivity index (χ3n) is 2.06. The van der Waals surface area contributed by atoms with Crippen LogP contribution in [0.5, 0.6) is 0 Å². The quantitative estimate of drug-likeness (QED) is 0.807. The number of rotatable bonds is 3. The molecular formula is C10H12N2O2. The molecule has 4 nitrogen and oxygen atoms in total. The molecule has 14 heavy (non-hydrogen) atoms. The standard InChI is InChI=1S/C10H12N2O2/c1-2-8-7(3-4-13-8)9-6-12-10(5-11)14-9/h3-4,6H,2,5,11H2,1H3. The van der Waals surface area contributed by atoms with E-state index in [0.29, 0.717) is 12.4 Å². The van der Waals surface area contributed by atoms with Crippen molar-refractivity contribution in [3.8, 4) is 11.3 Å². The third kappa shape index (κ3) is 1.44. The summed E-state index contributed by atoms with van der Waals surface area (Å²) in [6.07, 6.45) is 4.16. The molecule has 0 spiro atoms. The molecule has 0 saturated carbocycles. The molecule has 0 bridgehead atoms. The normalized spacial score (nSPS) is 10.7. The van der Waals surface area contributed by atoms with Crippen LogP contribution in [-0.2, 0) is 13.0 Å². The third-order valence-corrected chi connectivity index (χ3v) is 2.06. The van der Waals surface area contributed by atoms with Gasteiger partial charge < -0.3 is 14.6 Å². The summed E-state index contributed by atoms with van der Waals surface area (Å²) >= 11 is 0. The Labute approximate surface area is 81.7 Å². The molecule has 2 heterocycles. The van der Waals surface area contributed by atoms with Gasteiger partial charge in [0.25, 0.3) is 0 Å². The zero-order chi connectivity index (χ0) is 9.97. The summed E-state index contributed by atoms with van der Waals surface area (Å²) in [6, 6.07) is 1.87. The molecule has 74 valence electrons. The lowest BCUT2D eigenvalue weighted by Gasteiger charge is -1.94. The molecule has 0 aliphatic carbocycles. The Bertz CT molecular complexity index is 417. The van der Waals surface area contributed by atoms with Crippen LogP contribution in [0, 0.1) is 0 Å². The molecule has 0 radical (unpaired) electrons. The molecule has 2 aromatic heterocycles. The Kier molecular flexibility index (Phi) is 2.37. The average molecular weight is 192 g/mol. The highest BCUT2D eigenvalue weighted by molar-refractivity contribution is 5.58. The molecule has 0 saturated heterocycles.